The molecule has 1 heterocycles. The maximum atomic E-state index is 13.0. The standard InChI is InChI=1S/C25H24N2O5/c1-14(28)18-6-5-16(12-24(18)31-2)17-10-21-19(23(29)11-17)13-26-22-8-15(9-25(30)32-3)4-7-20(22)27-21/h4-8,10,12,26-27H,9,11,13H2,1-3H3. The Morgan fingerprint density at radius 2 is 1.88 bits per heavy atom. The van der Waals surface area contributed by atoms with E-state index in [0.29, 0.717) is 23.4 Å². The van der Waals surface area contributed by atoms with Crippen molar-refractivity contribution >= 4 is 34.5 Å². The van der Waals surface area contributed by atoms with Gasteiger partial charge in [0, 0.05) is 24.2 Å². The lowest BCUT2D eigenvalue weighted by Crippen LogP contribution is -2.18. The highest BCUT2D eigenvalue weighted by Crippen LogP contribution is 2.36. The SMILES string of the molecule is COC(=O)Cc1ccc2c(c1)NCC1=C(C=C(c3ccc(C(C)=O)c(OC)c3)CC1=O)N2. The summed E-state index contributed by atoms with van der Waals surface area (Å²) < 4.78 is 10.1. The quantitative estimate of drug-likeness (QED) is 0.549. The molecule has 1 aliphatic carbocycles. The van der Waals surface area contributed by atoms with Crippen LogP contribution in [0.4, 0.5) is 11.4 Å². The van der Waals surface area contributed by atoms with Gasteiger partial charge in [0.2, 0.25) is 0 Å². The Morgan fingerprint density at radius 3 is 2.59 bits per heavy atom. The second-order valence-electron chi connectivity index (χ2n) is 7.74. The molecular formula is C25H24N2O5. The summed E-state index contributed by atoms with van der Waals surface area (Å²) in [5.41, 5.74) is 6.05. The van der Waals surface area contributed by atoms with Gasteiger partial charge in [0.05, 0.1) is 37.6 Å². The number of hydrogen-bond acceptors (Lipinski definition) is 7. The van der Waals surface area contributed by atoms with Gasteiger partial charge in [0.15, 0.2) is 11.6 Å². The van der Waals surface area contributed by atoms with Crippen LogP contribution >= 0.6 is 0 Å². The number of esters is 1. The molecule has 0 fully saturated rings. The van der Waals surface area contributed by atoms with Crippen LogP contribution in [0.15, 0.2) is 53.7 Å². The van der Waals surface area contributed by atoms with E-state index >= 15 is 0 Å². The fraction of sp³-hybridized carbons (Fsp3) is 0.240. The molecule has 2 aliphatic rings. The van der Waals surface area contributed by atoms with E-state index in [2.05, 4.69) is 10.6 Å². The summed E-state index contributed by atoms with van der Waals surface area (Å²) in [7, 11) is 2.89. The second kappa shape index (κ2) is 8.70. The van der Waals surface area contributed by atoms with Crippen LogP contribution in [0.5, 0.6) is 5.75 Å². The van der Waals surface area contributed by atoms with Gasteiger partial charge in [-0.05, 0) is 54.0 Å². The van der Waals surface area contributed by atoms with E-state index in [1.807, 2.05) is 30.3 Å². The zero-order valence-electron chi connectivity index (χ0n) is 18.2. The topological polar surface area (TPSA) is 93.7 Å². The molecular weight excluding hydrogens is 408 g/mol. The third-order valence-electron chi connectivity index (χ3n) is 5.67. The molecule has 1 aliphatic heterocycles. The van der Waals surface area contributed by atoms with Crippen LogP contribution in [0.2, 0.25) is 0 Å². The number of allylic oxidation sites excluding steroid dienone is 2. The molecule has 0 saturated carbocycles. The first kappa shape index (κ1) is 21.4. The number of carbonyl (C=O) groups is 3. The van der Waals surface area contributed by atoms with Gasteiger partial charge >= 0.3 is 5.97 Å². The number of methoxy groups -OCH3 is 2. The second-order valence-corrected chi connectivity index (χ2v) is 7.74. The summed E-state index contributed by atoms with van der Waals surface area (Å²) in [6, 6.07) is 11.0. The Labute approximate surface area is 186 Å². The molecule has 164 valence electrons. The molecule has 4 rings (SSSR count). The first-order valence-corrected chi connectivity index (χ1v) is 10.3. The van der Waals surface area contributed by atoms with Crippen molar-refractivity contribution in [2.45, 2.75) is 19.8 Å². The molecule has 0 unspecified atom stereocenters. The maximum Gasteiger partial charge on any atom is 0.309 e. The normalized spacial score (nSPS) is 14.8. The van der Waals surface area contributed by atoms with E-state index in [0.717, 1.165) is 33.8 Å². The van der Waals surface area contributed by atoms with Crippen LogP contribution < -0.4 is 15.4 Å². The molecule has 0 bridgehead atoms. The molecule has 2 N–H and O–H groups in total. The zero-order valence-corrected chi connectivity index (χ0v) is 18.2. The molecule has 0 radical (unpaired) electrons. The molecule has 7 nitrogen and oxygen atoms in total. The van der Waals surface area contributed by atoms with E-state index in [-0.39, 0.29) is 30.4 Å². The van der Waals surface area contributed by atoms with Crippen molar-refractivity contribution in [2.75, 3.05) is 31.4 Å². The lowest BCUT2D eigenvalue weighted by atomic mass is 9.89. The molecule has 0 saturated heterocycles. The monoisotopic (exact) mass is 432 g/mol. The van der Waals surface area contributed by atoms with Gasteiger partial charge < -0.3 is 20.1 Å². The van der Waals surface area contributed by atoms with E-state index in [9.17, 15) is 14.4 Å². The van der Waals surface area contributed by atoms with Crippen molar-refractivity contribution in [1.82, 2.24) is 0 Å². The van der Waals surface area contributed by atoms with Gasteiger partial charge in [0.25, 0.3) is 0 Å². The number of anilines is 2. The Balaban J connectivity index is 1.66. The van der Waals surface area contributed by atoms with Crippen molar-refractivity contribution in [3.63, 3.8) is 0 Å². The Hall–Kier alpha value is -3.87. The van der Waals surface area contributed by atoms with Crippen LogP contribution in [-0.4, -0.2) is 38.3 Å². The zero-order chi connectivity index (χ0) is 22.8. The fourth-order valence-corrected chi connectivity index (χ4v) is 3.94. The summed E-state index contributed by atoms with van der Waals surface area (Å²) in [4.78, 5) is 36.4. The predicted molar refractivity (Wildman–Crippen MR) is 122 cm³/mol. The number of Topliss-reactive ketones (excluding diaryl/α,β-unsaturated/α-hetero) is 2. The lowest BCUT2D eigenvalue weighted by Gasteiger charge is -2.19. The van der Waals surface area contributed by atoms with Crippen LogP contribution in [0.25, 0.3) is 5.57 Å². The van der Waals surface area contributed by atoms with Gasteiger partial charge in [0.1, 0.15) is 5.75 Å². The predicted octanol–water partition coefficient (Wildman–Crippen LogP) is 3.76. The van der Waals surface area contributed by atoms with E-state index < -0.39 is 0 Å². The minimum absolute atomic E-state index is 0.0229. The van der Waals surface area contributed by atoms with Crippen LogP contribution in [-0.2, 0) is 20.7 Å². The highest BCUT2D eigenvalue weighted by atomic mass is 16.5. The molecule has 32 heavy (non-hydrogen) atoms. The third kappa shape index (κ3) is 4.14. The van der Waals surface area contributed by atoms with Crippen LogP contribution in [0, 0.1) is 0 Å². The van der Waals surface area contributed by atoms with Crippen LogP contribution in [0.3, 0.4) is 0 Å². The average Bonchev–Trinajstić information content (AvgIpc) is 2.97. The highest BCUT2D eigenvalue weighted by molar-refractivity contribution is 6.07. The Kier molecular flexibility index (Phi) is 5.81. The van der Waals surface area contributed by atoms with Crippen molar-refractivity contribution in [1.29, 1.82) is 0 Å². The number of nitrogens with one attached hydrogen (secondary N) is 2. The smallest absolute Gasteiger partial charge is 0.309 e. The largest absolute Gasteiger partial charge is 0.496 e. The first-order chi connectivity index (χ1) is 15.4. The van der Waals surface area contributed by atoms with Gasteiger partial charge in [-0.3, -0.25) is 14.4 Å². The van der Waals surface area contributed by atoms with Gasteiger partial charge in [-0.15, -0.1) is 0 Å². The summed E-state index contributed by atoms with van der Waals surface area (Å²) in [5.74, 6) is 0.126. The molecule has 2 aromatic rings. The molecule has 0 atom stereocenters. The summed E-state index contributed by atoms with van der Waals surface area (Å²) in [6.07, 6.45) is 2.41. The number of fused-ring (bicyclic) bond motifs is 1. The summed E-state index contributed by atoms with van der Waals surface area (Å²) in [5, 5.41) is 6.66. The number of hydrogen-bond donors (Lipinski definition) is 2. The van der Waals surface area contributed by atoms with Gasteiger partial charge in [-0.2, -0.15) is 0 Å². The lowest BCUT2D eigenvalue weighted by molar-refractivity contribution is -0.139. The molecule has 2 aromatic carbocycles. The highest BCUT2D eigenvalue weighted by Gasteiger charge is 2.26. The molecule has 0 aromatic heterocycles. The molecule has 7 heteroatoms. The Bertz CT molecular complexity index is 1190. The summed E-state index contributed by atoms with van der Waals surface area (Å²) in [6.45, 7) is 1.88. The third-order valence-corrected chi connectivity index (χ3v) is 5.67. The van der Waals surface area contributed by atoms with Crippen molar-refractivity contribution < 1.29 is 23.9 Å². The van der Waals surface area contributed by atoms with Gasteiger partial charge in [-0.25, -0.2) is 0 Å². The van der Waals surface area contributed by atoms with E-state index in [1.54, 1.807) is 12.1 Å². The summed E-state index contributed by atoms with van der Waals surface area (Å²) >= 11 is 0. The number of ketones is 2. The minimum Gasteiger partial charge on any atom is -0.496 e. The van der Waals surface area contributed by atoms with E-state index in [1.165, 1.54) is 21.1 Å². The molecule has 0 spiro atoms. The fourth-order valence-electron chi connectivity index (χ4n) is 3.94. The van der Waals surface area contributed by atoms with Crippen molar-refractivity contribution in [2.24, 2.45) is 0 Å². The first-order valence-electron chi connectivity index (χ1n) is 10.3. The number of carbonyl (C=O) groups excluding carboxylic acids is 3. The van der Waals surface area contributed by atoms with Crippen molar-refractivity contribution in [3.05, 3.63) is 70.4 Å². The number of ether oxygens (including phenoxy) is 2. The number of benzene rings is 2. The van der Waals surface area contributed by atoms with Crippen LogP contribution in [0.1, 0.15) is 34.8 Å². The minimum atomic E-state index is -0.307. The van der Waals surface area contributed by atoms with E-state index in [4.69, 9.17) is 9.47 Å². The Morgan fingerprint density at radius 1 is 1.06 bits per heavy atom. The molecule has 0 amide bonds. The number of rotatable bonds is 5. The average molecular weight is 432 g/mol. The van der Waals surface area contributed by atoms with Gasteiger partial charge in [-0.1, -0.05) is 12.1 Å². The van der Waals surface area contributed by atoms with Crippen molar-refractivity contribution in [3.8, 4) is 5.75 Å². The maximum absolute atomic E-state index is 13.0.